The van der Waals surface area contributed by atoms with E-state index in [9.17, 15) is 4.79 Å². The number of anilines is 1. The lowest BCUT2D eigenvalue weighted by Gasteiger charge is -2.15. The zero-order valence-corrected chi connectivity index (χ0v) is 22.1. The summed E-state index contributed by atoms with van der Waals surface area (Å²) >= 11 is 15.2. The summed E-state index contributed by atoms with van der Waals surface area (Å²) in [7, 11) is 0. The lowest BCUT2D eigenvalue weighted by Crippen LogP contribution is -2.27. The molecule has 1 heterocycles. The van der Waals surface area contributed by atoms with Gasteiger partial charge >= 0.3 is 0 Å². The number of hydrogen-bond acceptors (Lipinski definition) is 5. The van der Waals surface area contributed by atoms with Crippen molar-refractivity contribution >= 4 is 80.2 Å². The highest BCUT2D eigenvalue weighted by Gasteiger charge is 2.33. The molecule has 1 aliphatic heterocycles. The third kappa shape index (κ3) is 5.54. The minimum absolute atomic E-state index is 0.136. The zero-order valence-electron chi connectivity index (χ0n) is 17.6. The van der Waals surface area contributed by atoms with Crippen molar-refractivity contribution in [3.8, 4) is 11.5 Å². The van der Waals surface area contributed by atoms with E-state index >= 15 is 0 Å². The smallest absolute Gasteiger partial charge is 0.270 e. The minimum atomic E-state index is -0.136. The Kier molecular flexibility index (Phi) is 7.95. The fourth-order valence-corrected chi connectivity index (χ4v) is 5.53. The van der Waals surface area contributed by atoms with E-state index in [-0.39, 0.29) is 5.91 Å². The lowest BCUT2D eigenvalue weighted by atomic mass is 10.1. The predicted molar refractivity (Wildman–Crippen MR) is 148 cm³/mol. The van der Waals surface area contributed by atoms with Crippen molar-refractivity contribution in [2.45, 2.75) is 13.5 Å². The van der Waals surface area contributed by atoms with Crippen LogP contribution in [0.3, 0.4) is 0 Å². The van der Waals surface area contributed by atoms with Crippen molar-refractivity contribution in [2.24, 2.45) is 0 Å². The van der Waals surface area contributed by atoms with Crippen LogP contribution in [-0.4, -0.2) is 16.8 Å². The predicted octanol–water partition coefficient (Wildman–Crippen LogP) is 7.33. The molecular weight excluding hydrogens is 589 g/mol. The summed E-state index contributed by atoms with van der Waals surface area (Å²) in [6, 6.07) is 20.8. The Bertz CT molecular complexity index is 1230. The van der Waals surface area contributed by atoms with Gasteiger partial charge in [0.05, 0.1) is 20.8 Å². The number of nitrogens with zero attached hydrogens (tertiary/aromatic N) is 1. The molecule has 33 heavy (non-hydrogen) atoms. The van der Waals surface area contributed by atoms with Gasteiger partial charge in [-0.3, -0.25) is 9.69 Å². The van der Waals surface area contributed by atoms with Gasteiger partial charge in [-0.05, 0) is 71.5 Å². The van der Waals surface area contributed by atoms with Crippen LogP contribution in [-0.2, 0) is 11.4 Å². The molecular formula is C25H19ClINO3S2. The summed E-state index contributed by atoms with van der Waals surface area (Å²) in [5.41, 5.74) is 2.49. The van der Waals surface area contributed by atoms with Crippen LogP contribution in [0.2, 0.25) is 5.02 Å². The normalized spacial score (nSPS) is 14.8. The molecule has 0 aromatic heterocycles. The average molecular weight is 608 g/mol. The Morgan fingerprint density at radius 3 is 2.55 bits per heavy atom. The molecule has 0 bridgehead atoms. The van der Waals surface area contributed by atoms with E-state index in [2.05, 4.69) is 22.6 Å². The third-order valence-electron chi connectivity index (χ3n) is 4.77. The van der Waals surface area contributed by atoms with Crippen molar-refractivity contribution in [3.05, 3.63) is 91.4 Å². The van der Waals surface area contributed by atoms with Crippen molar-refractivity contribution < 1.29 is 14.3 Å². The summed E-state index contributed by atoms with van der Waals surface area (Å²) < 4.78 is 13.3. The number of halogens is 2. The Morgan fingerprint density at radius 1 is 1.09 bits per heavy atom. The number of hydrogen-bond donors (Lipinski definition) is 0. The van der Waals surface area contributed by atoms with Gasteiger partial charge in [0, 0.05) is 10.6 Å². The molecule has 3 aromatic rings. The molecule has 1 saturated heterocycles. The molecule has 3 aromatic carbocycles. The Labute approximate surface area is 221 Å². The highest BCUT2D eigenvalue weighted by Crippen LogP contribution is 2.39. The number of thiocarbonyl (C=S) groups is 1. The first-order chi connectivity index (χ1) is 16.0. The Balaban J connectivity index is 1.61. The van der Waals surface area contributed by atoms with E-state index < -0.39 is 0 Å². The summed E-state index contributed by atoms with van der Waals surface area (Å²) in [5.74, 6) is 1.12. The third-order valence-corrected chi connectivity index (χ3v) is 7.24. The number of carbonyl (C=O) groups is 1. The fraction of sp³-hybridized carbons (Fsp3) is 0.120. The maximum atomic E-state index is 13.1. The molecule has 0 atom stereocenters. The second-order valence-electron chi connectivity index (χ2n) is 7.00. The number of thioether (sulfide) groups is 1. The van der Waals surface area contributed by atoms with Gasteiger partial charge < -0.3 is 9.47 Å². The van der Waals surface area contributed by atoms with Crippen LogP contribution in [0.15, 0.2) is 71.6 Å². The van der Waals surface area contributed by atoms with Gasteiger partial charge in [-0.2, -0.15) is 0 Å². The van der Waals surface area contributed by atoms with Crippen molar-refractivity contribution in [1.29, 1.82) is 0 Å². The number of amides is 1. The number of rotatable bonds is 7. The second-order valence-corrected chi connectivity index (χ2v) is 10.2. The number of ether oxygens (including phenoxy) is 2. The highest BCUT2D eigenvalue weighted by atomic mass is 127. The fourth-order valence-electron chi connectivity index (χ4n) is 3.26. The molecule has 8 heteroatoms. The topological polar surface area (TPSA) is 38.8 Å². The van der Waals surface area contributed by atoms with Gasteiger partial charge in [0.2, 0.25) is 0 Å². The summed E-state index contributed by atoms with van der Waals surface area (Å²) in [6.07, 6.45) is 1.84. The minimum Gasteiger partial charge on any atom is -0.490 e. The first-order valence-corrected chi connectivity index (χ1v) is 12.8. The molecule has 4 nitrogen and oxygen atoms in total. The molecule has 0 radical (unpaired) electrons. The maximum Gasteiger partial charge on any atom is 0.270 e. The quantitative estimate of drug-likeness (QED) is 0.160. The standard InChI is InChI=1S/C25H19ClINO3S2/c1-2-30-21-13-16(12-20(27)23(21)31-15-17-8-6-7-11-19(17)26)14-22-24(29)28(25(32)33-22)18-9-4-3-5-10-18/h3-14H,2,15H2,1H3/b22-14+. The number of para-hydroxylation sites is 1. The van der Waals surface area contributed by atoms with Crippen LogP contribution in [0.1, 0.15) is 18.1 Å². The van der Waals surface area contributed by atoms with Gasteiger partial charge in [0.15, 0.2) is 15.8 Å². The molecule has 0 aliphatic carbocycles. The number of carbonyl (C=O) groups excluding carboxylic acids is 1. The molecule has 0 unspecified atom stereocenters. The zero-order chi connectivity index (χ0) is 23.4. The molecule has 0 saturated carbocycles. The summed E-state index contributed by atoms with van der Waals surface area (Å²) in [6.45, 7) is 2.73. The Hall–Kier alpha value is -2.07. The van der Waals surface area contributed by atoms with E-state index in [1.807, 2.05) is 79.7 Å². The molecule has 0 N–H and O–H groups in total. The van der Waals surface area contributed by atoms with Gasteiger partial charge in [-0.15, -0.1) is 0 Å². The molecule has 168 valence electrons. The average Bonchev–Trinajstić information content (AvgIpc) is 3.07. The van der Waals surface area contributed by atoms with Crippen LogP contribution in [0.5, 0.6) is 11.5 Å². The van der Waals surface area contributed by atoms with E-state index in [1.165, 1.54) is 11.8 Å². The monoisotopic (exact) mass is 607 g/mol. The van der Waals surface area contributed by atoms with Crippen molar-refractivity contribution in [1.82, 2.24) is 0 Å². The molecule has 4 rings (SSSR count). The van der Waals surface area contributed by atoms with Gasteiger partial charge in [-0.25, -0.2) is 0 Å². The van der Waals surface area contributed by atoms with Crippen LogP contribution in [0.4, 0.5) is 5.69 Å². The highest BCUT2D eigenvalue weighted by molar-refractivity contribution is 14.1. The second kappa shape index (κ2) is 10.9. The van der Waals surface area contributed by atoms with Gasteiger partial charge in [-0.1, -0.05) is 72.0 Å². The summed E-state index contributed by atoms with van der Waals surface area (Å²) in [4.78, 5) is 15.2. The molecule has 1 amide bonds. The van der Waals surface area contributed by atoms with Gasteiger partial charge in [0.25, 0.3) is 5.91 Å². The first-order valence-electron chi connectivity index (χ1n) is 10.1. The van der Waals surface area contributed by atoms with Crippen LogP contribution < -0.4 is 14.4 Å². The first kappa shape index (κ1) is 24.1. The lowest BCUT2D eigenvalue weighted by molar-refractivity contribution is -0.113. The largest absolute Gasteiger partial charge is 0.490 e. The van der Waals surface area contributed by atoms with Crippen molar-refractivity contribution in [2.75, 3.05) is 11.5 Å². The summed E-state index contributed by atoms with van der Waals surface area (Å²) in [5, 5.41) is 0.655. The molecule has 1 aliphatic rings. The Morgan fingerprint density at radius 2 is 1.82 bits per heavy atom. The van der Waals surface area contributed by atoms with Gasteiger partial charge in [0.1, 0.15) is 6.61 Å². The number of benzene rings is 3. The van der Waals surface area contributed by atoms with Crippen LogP contribution >= 0.6 is 58.2 Å². The molecule has 1 fully saturated rings. The SMILES string of the molecule is CCOc1cc(/C=C2/SC(=S)N(c3ccccc3)C2=O)cc(I)c1OCc1ccccc1Cl. The van der Waals surface area contributed by atoms with Crippen molar-refractivity contribution in [3.63, 3.8) is 0 Å². The van der Waals surface area contributed by atoms with Crippen LogP contribution in [0.25, 0.3) is 6.08 Å². The van der Waals surface area contributed by atoms with Crippen LogP contribution in [0, 0.1) is 3.57 Å². The van der Waals surface area contributed by atoms with E-state index in [0.717, 1.165) is 20.4 Å². The maximum absolute atomic E-state index is 13.1. The van der Waals surface area contributed by atoms with E-state index in [0.29, 0.717) is 39.0 Å². The van der Waals surface area contributed by atoms with E-state index in [1.54, 1.807) is 4.90 Å². The van der Waals surface area contributed by atoms with E-state index in [4.69, 9.17) is 33.3 Å². The molecule has 0 spiro atoms.